The van der Waals surface area contributed by atoms with Crippen molar-refractivity contribution in [3.63, 3.8) is 0 Å². The number of amides is 12. The van der Waals surface area contributed by atoms with E-state index in [2.05, 4.69) is 46.9 Å². The van der Waals surface area contributed by atoms with E-state index in [1.165, 1.54) is 18.2 Å². The number of hydrogen-bond acceptors (Lipinski definition) is 13. The molecule has 0 radical (unpaired) electrons. The summed E-state index contributed by atoms with van der Waals surface area (Å²) in [5.74, 6) is -13.9. The van der Waals surface area contributed by atoms with E-state index in [-0.39, 0.29) is 91.6 Å². The van der Waals surface area contributed by atoms with Gasteiger partial charge in [-0.25, -0.2) is 55.4 Å². The van der Waals surface area contributed by atoms with Gasteiger partial charge in [0.25, 0.3) is 17.7 Å². The fourth-order valence-electron chi connectivity index (χ4n) is 18.0. The molecule has 3 aromatic heterocycles. The van der Waals surface area contributed by atoms with Crippen molar-refractivity contribution in [1.82, 2.24) is 61.6 Å². The SMILES string of the molecule is Cc1c(Cl)ccc2c(/C=C3\NC(=O)N(C(C(=O)NC45CC(O[P+](O)(OC67CC(NC(=O)C(c8ccc(F)c(F)c8)N8C(=O)N/C(=C\c9c[nH]c%10c(C)c(Cl)ccc9%10)C8=O)(C6)C7)OC67CC(NC(=O)C(c8ccc(F)c(F)c8)N8C(=O)N/C(=C\c9c[nH]c%10c(C)c(Cl)ccc9%10)C8=O)(C6)C7)(C4)C5)c4ccc(F)c(F)c4)C3=O)c[nH]c12. The zero-order valence-corrected chi connectivity index (χ0v) is 62.4. The van der Waals surface area contributed by atoms with Crippen LogP contribution in [0.2, 0.25) is 15.1 Å². The number of aromatic amines is 3. The predicted molar refractivity (Wildman–Crippen MR) is 396 cm³/mol. The number of carbonyl (C=O) groups excluding carboxylic acids is 9. The molecule has 3 saturated heterocycles. The van der Waals surface area contributed by atoms with Crippen LogP contribution in [0, 0.1) is 55.7 Å². The molecule has 10 N–H and O–H groups in total. The maximum absolute atomic E-state index is 15.2. The molecule has 0 spiro atoms. The summed E-state index contributed by atoms with van der Waals surface area (Å²) in [4.78, 5) is 154. The summed E-state index contributed by atoms with van der Waals surface area (Å²) in [6.07, 6.45) is 8.31. The zero-order chi connectivity index (χ0) is 79.4. The number of nitrogens with one attached hydrogen (secondary N) is 9. The zero-order valence-electron chi connectivity index (χ0n) is 59.3. The summed E-state index contributed by atoms with van der Waals surface area (Å²) < 4.78 is 109. The largest absolute Gasteiger partial charge is 0.574 e. The van der Waals surface area contributed by atoms with E-state index in [1.54, 1.807) is 75.8 Å². The highest BCUT2D eigenvalue weighted by Crippen LogP contribution is 2.81. The van der Waals surface area contributed by atoms with Crippen molar-refractivity contribution in [2.75, 3.05) is 0 Å². The maximum atomic E-state index is 15.2. The highest BCUT2D eigenvalue weighted by atomic mass is 35.5. The van der Waals surface area contributed by atoms with Crippen LogP contribution in [0.15, 0.2) is 127 Å². The molecule has 6 bridgehead atoms. The molecule has 12 amide bonds. The maximum Gasteiger partial charge on any atom is 0.574 e. The van der Waals surface area contributed by atoms with Gasteiger partial charge in [-0.2, -0.15) is 4.89 Å². The lowest BCUT2D eigenvalue weighted by Crippen LogP contribution is -2.82. The van der Waals surface area contributed by atoms with Crippen molar-refractivity contribution in [1.29, 1.82) is 0 Å². The van der Waals surface area contributed by atoms with Gasteiger partial charge in [-0.3, -0.25) is 28.8 Å². The highest BCUT2D eigenvalue weighted by molar-refractivity contribution is 7.55. The van der Waals surface area contributed by atoms with Gasteiger partial charge in [0.15, 0.2) is 34.9 Å². The third kappa shape index (κ3) is 11.9. The van der Waals surface area contributed by atoms with Crippen molar-refractivity contribution in [2.24, 2.45) is 0 Å². The van der Waals surface area contributed by atoms with E-state index in [9.17, 15) is 61.2 Å². The minimum atomic E-state index is -4.73. The van der Waals surface area contributed by atoms with E-state index in [0.29, 0.717) is 114 Å². The van der Waals surface area contributed by atoms with Crippen LogP contribution in [0.4, 0.5) is 40.7 Å². The summed E-state index contributed by atoms with van der Waals surface area (Å²) in [6, 6.07) is 8.65. The normalized spacial score (nSPS) is 26.8. The quantitative estimate of drug-likeness (QED) is 0.0139. The van der Waals surface area contributed by atoms with Gasteiger partial charge >= 0.3 is 26.3 Å². The number of halogens is 9. The number of nitrogens with zero attached hydrogens (tertiary/aromatic N) is 3. The molecule has 6 heterocycles. The van der Waals surface area contributed by atoms with E-state index in [4.69, 9.17) is 48.4 Å². The second-order valence-electron chi connectivity index (χ2n) is 30.9. The van der Waals surface area contributed by atoms with Gasteiger partial charge in [0, 0.05) is 141 Å². The molecule has 21 rings (SSSR count). The van der Waals surface area contributed by atoms with Gasteiger partial charge in [0.1, 0.15) is 52.0 Å². The number of aromatic nitrogens is 3. The first-order valence-corrected chi connectivity index (χ1v) is 38.1. The van der Waals surface area contributed by atoms with Crippen molar-refractivity contribution < 1.29 is 88.0 Å². The van der Waals surface area contributed by atoms with E-state index < -0.39 is 148 Å². The van der Waals surface area contributed by atoms with Crippen LogP contribution in [-0.2, 0) is 42.3 Å². The van der Waals surface area contributed by atoms with Crippen LogP contribution in [0.25, 0.3) is 50.9 Å². The van der Waals surface area contributed by atoms with E-state index >= 15 is 13.2 Å². The summed E-state index contributed by atoms with van der Waals surface area (Å²) in [5.41, 5.74) is -3.63. The summed E-state index contributed by atoms with van der Waals surface area (Å²) >= 11 is 19.1. The monoisotopic (exact) mass is 1620 g/mol. The third-order valence-electron chi connectivity index (χ3n) is 23.2. The summed E-state index contributed by atoms with van der Waals surface area (Å²) in [6.45, 7) is 5.35. The van der Waals surface area contributed by atoms with Crippen LogP contribution in [-0.4, -0.2) is 122 Å². The third-order valence-corrected chi connectivity index (χ3v) is 26.3. The Balaban J connectivity index is 0.604. The Labute approximate surface area is 650 Å². The van der Waals surface area contributed by atoms with Gasteiger partial charge < -0.3 is 46.9 Å². The van der Waals surface area contributed by atoms with Crippen LogP contribution in [0.5, 0.6) is 0 Å². The topological polar surface area (TPSA) is 331 Å². The Hall–Kier alpha value is -10.9. The molecular formula is C78H61Cl3F6N12O13P+. The van der Waals surface area contributed by atoms with Crippen LogP contribution >= 0.6 is 43.0 Å². The molecule has 25 nitrogen and oxygen atoms in total. The molecule has 578 valence electrons. The minimum Gasteiger partial charge on any atom is -0.360 e. The Morgan fingerprint density at radius 2 is 0.681 bits per heavy atom. The Morgan fingerprint density at radius 1 is 0.425 bits per heavy atom. The van der Waals surface area contributed by atoms with Gasteiger partial charge in [-0.1, -0.05) is 71.2 Å². The van der Waals surface area contributed by atoms with Crippen LogP contribution in [0.3, 0.4) is 0 Å². The van der Waals surface area contributed by atoms with Gasteiger partial charge in [0.05, 0.1) is 16.6 Å². The minimum absolute atomic E-state index is 0.0661. The number of fused-ring (bicyclic) bond motifs is 3. The molecule has 3 unspecified atom stereocenters. The Kier molecular flexibility index (Phi) is 16.6. The Bertz CT molecular complexity index is 5360. The first-order valence-electron chi connectivity index (χ1n) is 35.5. The number of benzene rings is 6. The number of H-pyrrole nitrogens is 3. The molecule has 12 fully saturated rings. The standard InChI is InChI=1S/C78H60Cl3F6N12O13P/c1-34-46(79)10-7-43-40(22-88-58(34)43)19-55-67(103)97(70(106)91-55)61(37-4-13-49(82)52(85)16-37)64(100)94-73-25-76(26-73,27-73)110-113(109,111-77-28-74(29-77,30-77)95-65(101)62(38-5-14-50(83)53(86)17-38)98-68(104)56(92-71(98)107)20-41-23-89-59-35(2)47(80)11-8-44(41)59)112-78-31-75(32-78,33-78)96-66(102)63(39-6-15-51(84)54(87)18-39)99-69(105)57(93-72(99)108)21-42-24-90-60-36(3)48(81)12-9-45(42)60/h4-24,61-63,109H,25-33H2,1-3H3,(H8-,88,89,90,91,92,93,94,95,96,100,101,102,103,104,105,106,107,108)/p+1. The number of urea groups is 3. The average Bonchev–Trinajstić information content (AvgIpc) is 1.23. The fourth-order valence-corrected chi connectivity index (χ4v) is 20.7. The second kappa shape index (κ2) is 25.6. The summed E-state index contributed by atoms with van der Waals surface area (Å²) in [5, 5.41) is 19.5. The van der Waals surface area contributed by atoms with Crippen molar-refractivity contribution in [2.45, 2.75) is 130 Å². The van der Waals surface area contributed by atoms with E-state index in [0.717, 1.165) is 36.4 Å². The lowest BCUT2D eigenvalue weighted by atomic mass is 9.46. The number of rotatable bonds is 21. The number of carbonyl (C=O) groups is 9. The predicted octanol–water partition coefficient (Wildman–Crippen LogP) is 13.2. The molecule has 12 aliphatic rings. The van der Waals surface area contributed by atoms with Crippen LogP contribution in [0.1, 0.15) is 126 Å². The molecular weight excluding hydrogens is 1560 g/mol. The van der Waals surface area contributed by atoms with Gasteiger partial charge in [-0.05, 0) is 127 Å². The first kappa shape index (κ1) is 73.6. The van der Waals surface area contributed by atoms with Crippen molar-refractivity contribution in [3.05, 3.63) is 227 Å². The van der Waals surface area contributed by atoms with Crippen molar-refractivity contribution in [3.8, 4) is 0 Å². The molecule has 9 aliphatic carbocycles. The first-order chi connectivity index (χ1) is 53.6. The molecule has 3 aliphatic heterocycles. The fraction of sp³-hybridized carbons (Fsp3) is 0.269. The average molecular weight is 1630 g/mol. The second-order valence-corrected chi connectivity index (χ2v) is 33.6. The number of imide groups is 3. The molecule has 3 atom stereocenters. The molecule has 6 aromatic carbocycles. The lowest BCUT2D eigenvalue weighted by Gasteiger charge is -2.71. The number of hydrogen-bond donors (Lipinski definition) is 10. The van der Waals surface area contributed by atoms with Crippen molar-refractivity contribution >= 4 is 147 Å². The number of aryl methyl sites for hydroxylation is 3. The molecule has 9 aromatic rings. The molecule has 9 saturated carbocycles. The molecule has 35 heteroatoms. The van der Waals surface area contributed by atoms with Crippen LogP contribution < -0.4 is 31.9 Å². The smallest absolute Gasteiger partial charge is 0.360 e. The van der Waals surface area contributed by atoms with E-state index in [1.807, 2.05) is 0 Å². The highest BCUT2D eigenvalue weighted by Gasteiger charge is 2.83. The lowest BCUT2D eigenvalue weighted by molar-refractivity contribution is -0.274. The summed E-state index contributed by atoms with van der Waals surface area (Å²) in [7, 11) is -4.73. The van der Waals surface area contributed by atoms with Gasteiger partial charge in [0.2, 0.25) is 17.7 Å². The molecule has 113 heavy (non-hydrogen) atoms. The Morgan fingerprint density at radius 3 is 0.929 bits per heavy atom. The van der Waals surface area contributed by atoms with Gasteiger partial charge in [-0.15, -0.1) is 13.6 Å².